The van der Waals surface area contributed by atoms with Crippen LogP contribution in [0.5, 0.6) is 0 Å². The smallest absolute Gasteiger partial charge is 0.251 e. The molecule has 7 heteroatoms. The monoisotopic (exact) mass is 425 g/mol. The van der Waals surface area contributed by atoms with Crippen molar-refractivity contribution >= 4 is 46.8 Å². The third-order valence-electron chi connectivity index (χ3n) is 4.61. The van der Waals surface area contributed by atoms with Crippen LogP contribution in [0.25, 0.3) is 6.08 Å². The third-order valence-corrected chi connectivity index (χ3v) is 4.94. The van der Waals surface area contributed by atoms with Gasteiger partial charge in [-0.05, 0) is 62.2 Å². The summed E-state index contributed by atoms with van der Waals surface area (Å²) in [5.74, 6) is -0.458. The maximum atomic E-state index is 12.3. The van der Waals surface area contributed by atoms with Gasteiger partial charge in [0.2, 0.25) is 11.8 Å². The minimum Gasteiger partial charge on any atom is -0.350 e. The SMILES string of the molecule is CC(C)NC(=O)c1ccc(Cl)c(NC(=O)/C=C/c2ccc(N3CCCC3=O)cc2)c1. The molecule has 0 bridgehead atoms. The van der Waals surface area contributed by atoms with E-state index in [4.69, 9.17) is 11.6 Å². The second-order valence-corrected chi connectivity index (χ2v) is 7.79. The molecule has 0 saturated carbocycles. The summed E-state index contributed by atoms with van der Waals surface area (Å²) in [7, 11) is 0. The summed E-state index contributed by atoms with van der Waals surface area (Å²) in [6.45, 7) is 4.49. The van der Waals surface area contributed by atoms with Gasteiger partial charge in [-0.15, -0.1) is 0 Å². The molecule has 30 heavy (non-hydrogen) atoms. The lowest BCUT2D eigenvalue weighted by molar-refractivity contribution is -0.117. The van der Waals surface area contributed by atoms with E-state index < -0.39 is 0 Å². The molecule has 0 spiro atoms. The summed E-state index contributed by atoms with van der Waals surface area (Å²) in [6.07, 6.45) is 4.54. The van der Waals surface area contributed by atoms with E-state index in [1.807, 2.05) is 38.1 Å². The summed E-state index contributed by atoms with van der Waals surface area (Å²) in [4.78, 5) is 38.0. The molecule has 1 saturated heterocycles. The molecule has 0 radical (unpaired) electrons. The van der Waals surface area contributed by atoms with Gasteiger partial charge in [-0.1, -0.05) is 23.7 Å². The minimum absolute atomic E-state index is 0.00382. The highest BCUT2D eigenvalue weighted by atomic mass is 35.5. The number of hydrogen-bond donors (Lipinski definition) is 2. The van der Waals surface area contributed by atoms with E-state index in [1.165, 1.54) is 6.08 Å². The molecule has 156 valence electrons. The Morgan fingerprint density at radius 2 is 1.87 bits per heavy atom. The van der Waals surface area contributed by atoms with Crippen molar-refractivity contribution in [2.45, 2.75) is 32.7 Å². The number of halogens is 1. The number of amides is 3. The predicted molar refractivity (Wildman–Crippen MR) is 120 cm³/mol. The second-order valence-electron chi connectivity index (χ2n) is 7.39. The number of nitrogens with one attached hydrogen (secondary N) is 2. The Labute approximate surface area is 180 Å². The Balaban J connectivity index is 1.64. The van der Waals surface area contributed by atoms with Crippen LogP contribution >= 0.6 is 11.6 Å². The number of benzene rings is 2. The second kappa shape index (κ2) is 9.59. The van der Waals surface area contributed by atoms with E-state index in [0.29, 0.717) is 22.7 Å². The summed E-state index contributed by atoms with van der Waals surface area (Å²) in [6, 6.07) is 12.2. The lowest BCUT2D eigenvalue weighted by atomic mass is 10.1. The van der Waals surface area contributed by atoms with Crippen LogP contribution in [0.1, 0.15) is 42.6 Å². The van der Waals surface area contributed by atoms with Crippen molar-refractivity contribution in [3.8, 4) is 0 Å². The molecule has 3 amide bonds. The molecule has 0 aromatic heterocycles. The highest BCUT2D eigenvalue weighted by molar-refractivity contribution is 6.34. The van der Waals surface area contributed by atoms with E-state index >= 15 is 0 Å². The van der Waals surface area contributed by atoms with Gasteiger partial charge in [0, 0.05) is 36.3 Å². The summed E-state index contributed by atoms with van der Waals surface area (Å²) in [5.41, 5.74) is 2.48. The average molecular weight is 426 g/mol. The summed E-state index contributed by atoms with van der Waals surface area (Å²) < 4.78 is 0. The molecule has 0 unspecified atom stereocenters. The number of rotatable bonds is 6. The lowest BCUT2D eigenvalue weighted by Gasteiger charge is -2.15. The average Bonchev–Trinajstić information content (AvgIpc) is 3.14. The first kappa shape index (κ1) is 21.6. The third kappa shape index (κ3) is 5.48. The van der Waals surface area contributed by atoms with E-state index in [2.05, 4.69) is 10.6 Å². The summed E-state index contributed by atoms with van der Waals surface area (Å²) in [5, 5.41) is 5.85. The molecule has 0 atom stereocenters. The molecule has 1 aliphatic rings. The highest BCUT2D eigenvalue weighted by Gasteiger charge is 2.21. The fourth-order valence-corrected chi connectivity index (χ4v) is 3.31. The predicted octanol–water partition coefficient (Wildman–Crippen LogP) is 4.26. The van der Waals surface area contributed by atoms with Gasteiger partial charge >= 0.3 is 0 Å². The van der Waals surface area contributed by atoms with Crippen molar-refractivity contribution in [3.05, 3.63) is 64.7 Å². The van der Waals surface area contributed by atoms with E-state index in [1.54, 1.807) is 29.2 Å². The first-order chi connectivity index (χ1) is 14.3. The normalized spacial score (nSPS) is 13.9. The number of nitrogens with zero attached hydrogens (tertiary/aromatic N) is 1. The van der Waals surface area contributed by atoms with Gasteiger partial charge < -0.3 is 15.5 Å². The largest absolute Gasteiger partial charge is 0.350 e. The van der Waals surface area contributed by atoms with Gasteiger partial charge in [0.15, 0.2) is 0 Å². The molecule has 3 rings (SSSR count). The number of carbonyl (C=O) groups is 3. The van der Waals surface area contributed by atoms with Crippen molar-refractivity contribution in [2.24, 2.45) is 0 Å². The number of hydrogen-bond acceptors (Lipinski definition) is 3. The standard InChI is InChI=1S/C23H24ClN3O3/c1-15(2)25-23(30)17-8-11-19(24)20(14-17)26-21(28)12-7-16-5-9-18(10-6-16)27-13-3-4-22(27)29/h5-12,14-15H,3-4,13H2,1-2H3,(H,25,30)(H,26,28)/b12-7+. The Morgan fingerprint density at radius 3 is 2.50 bits per heavy atom. The highest BCUT2D eigenvalue weighted by Crippen LogP contribution is 2.24. The van der Waals surface area contributed by atoms with Crippen LogP contribution in [-0.2, 0) is 9.59 Å². The van der Waals surface area contributed by atoms with E-state index in [-0.39, 0.29) is 23.8 Å². The molecule has 1 fully saturated rings. The zero-order valence-electron chi connectivity index (χ0n) is 16.9. The molecule has 0 aliphatic carbocycles. The van der Waals surface area contributed by atoms with Crippen molar-refractivity contribution in [1.82, 2.24) is 5.32 Å². The van der Waals surface area contributed by atoms with Gasteiger partial charge in [-0.25, -0.2) is 0 Å². The maximum Gasteiger partial charge on any atom is 0.251 e. The quantitative estimate of drug-likeness (QED) is 0.679. The summed E-state index contributed by atoms with van der Waals surface area (Å²) >= 11 is 6.16. The topological polar surface area (TPSA) is 78.5 Å². The number of anilines is 2. The van der Waals surface area contributed by atoms with Crippen LogP contribution in [0.2, 0.25) is 5.02 Å². The fraction of sp³-hybridized carbons (Fsp3) is 0.261. The first-order valence-corrected chi connectivity index (χ1v) is 10.2. The van der Waals surface area contributed by atoms with Crippen molar-refractivity contribution in [2.75, 3.05) is 16.8 Å². The molecular formula is C23H24ClN3O3. The van der Waals surface area contributed by atoms with Crippen LogP contribution in [-0.4, -0.2) is 30.3 Å². The molecule has 1 aliphatic heterocycles. The van der Waals surface area contributed by atoms with Gasteiger partial charge in [0.25, 0.3) is 5.91 Å². The zero-order valence-corrected chi connectivity index (χ0v) is 17.7. The zero-order chi connectivity index (χ0) is 21.7. The van der Waals surface area contributed by atoms with Crippen LogP contribution in [0.15, 0.2) is 48.5 Å². The van der Waals surface area contributed by atoms with Crippen LogP contribution in [0.4, 0.5) is 11.4 Å². The van der Waals surface area contributed by atoms with Crippen LogP contribution in [0.3, 0.4) is 0 Å². The molecule has 2 aromatic rings. The van der Waals surface area contributed by atoms with E-state index in [9.17, 15) is 14.4 Å². The number of carbonyl (C=O) groups excluding carboxylic acids is 3. The molecular weight excluding hydrogens is 402 g/mol. The van der Waals surface area contributed by atoms with Gasteiger partial charge in [0.1, 0.15) is 0 Å². The molecule has 1 heterocycles. The van der Waals surface area contributed by atoms with Gasteiger partial charge in [-0.2, -0.15) is 0 Å². The Morgan fingerprint density at radius 1 is 1.13 bits per heavy atom. The van der Waals surface area contributed by atoms with Crippen molar-refractivity contribution < 1.29 is 14.4 Å². The Kier molecular flexibility index (Phi) is 6.90. The minimum atomic E-state index is -0.364. The first-order valence-electron chi connectivity index (χ1n) is 9.83. The molecule has 2 N–H and O–H groups in total. The fourth-order valence-electron chi connectivity index (χ4n) is 3.14. The molecule has 6 nitrogen and oxygen atoms in total. The van der Waals surface area contributed by atoms with Crippen LogP contribution in [0, 0.1) is 0 Å². The Bertz CT molecular complexity index is 984. The van der Waals surface area contributed by atoms with Crippen LogP contribution < -0.4 is 15.5 Å². The lowest BCUT2D eigenvalue weighted by Crippen LogP contribution is -2.30. The maximum absolute atomic E-state index is 12.3. The van der Waals surface area contributed by atoms with Gasteiger partial charge in [0.05, 0.1) is 10.7 Å². The van der Waals surface area contributed by atoms with Crippen molar-refractivity contribution in [3.63, 3.8) is 0 Å². The Hall–Kier alpha value is -3.12. The van der Waals surface area contributed by atoms with Gasteiger partial charge in [-0.3, -0.25) is 14.4 Å². The molecule has 2 aromatic carbocycles. The van der Waals surface area contributed by atoms with E-state index in [0.717, 1.165) is 24.2 Å². The van der Waals surface area contributed by atoms with Crippen molar-refractivity contribution in [1.29, 1.82) is 0 Å².